The fraction of sp³-hybridized carbons (Fsp3) is 0.118. The molecule has 7 heteroatoms. The first-order chi connectivity index (χ1) is 11.6. The van der Waals surface area contributed by atoms with Gasteiger partial charge in [-0.05, 0) is 42.0 Å². The molecule has 0 fully saturated rings. The van der Waals surface area contributed by atoms with Crippen molar-refractivity contribution in [3.63, 3.8) is 0 Å². The van der Waals surface area contributed by atoms with Crippen LogP contribution in [-0.2, 0) is 11.3 Å². The van der Waals surface area contributed by atoms with Crippen LogP contribution < -0.4 is 10.3 Å². The van der Waals surface area contributed by atoms with Crippen molar-refractivity contribution >= 4 is 33.2 Å². The highest BCUT2D eigenvalue weighted by Crippen LogP contribution is 2.21. The van der Waals surface area contributed by atoms with Crippen LogP contribution in [0.4, 0.5) is 11.4 Å². The molecule has 3 aromatic rings. The van der Waals surface area contributed by atoms with Crippen molar-refractivity contribution in [2.75, 3.05) is 10.3 Å². The summed E-state index contributed by atoms with van der Waals surface area (Å²) in [6.07, 6.45) is 3.31. The minimum Gasteiger partial charge on any atom is -0.326 e. The van der Waals surface area contributed by atoms with E-state index in [-0.39, 0.29) is 5.91 Å². The molecule has 0 aliphatic carbocycles. The maximum absolute atomic E-state index is 11.1. The lowest BCUT2D eigenvalue weighted by Gasteiger charge is -2.25. The number of amides is 1. The van der Waals surface area contributed by atoms with Crippen molar-refractivity contribution in [3.8, 4) is 0 Å². The van der Waals surface area contributed by atoms with Gasteiger partial charge in [-0.1, -0.05) is 28.1 Å². The Morgan fingerprint density at radius 3 is 2.29 bits per heavy atom. The fourth-order valence-corrected chi connectivity index (χ4v) is 2.57. The Morgan fingerprint density at radius 2 is 1.71 bits per heavy atom. The van der Waals surface area contributed by atoms with Gasteiger partial charge in [0.1, 0.15) is 12.7 Å². The first-order valence-corrected chi connectivity index (χ1v) is 8.16. The number of anilines is 2. The highest BCUT2D eigenvalue weighted by atomic mass is 79.9. The molecule has 0 bridgehead atoms. The molecular weight excluding hydrogens is 370 g/mol. The Balaban J connectivity index is 1.87. The Kier molecular flexibility index (Phi) is 4.90. The van der Waals surface area contributed by atoms with Crippen LogP contribution in [0.25, 0.3) is 0 Å². The summed E-state index contributed by atoms with van der Waals surface area (Å²) in [4.78, 5) is 11.1. The number of nitrogens with zero attached hydrogens (tertiary/aromatic N) is 4. The molecule has 0 aliphatic rings. The molecule has 1 N–H and O–H groups in total. The molecule has 0 radical (unpaired) electrons. The van der Waals surface area contributed by atoms with Crippen LogP contribution >= 0.6 is 15.9 Å². The van der Waals surface area contributed by atoms with Gasteiger partial charge in [0.2, 0.25) is 5.91 Å². The summed E-state index contributed by atoms with van der Waals surface area (Å²) in [7, 11) is 0. The average molecular weight is 386 g/mol. The first-order valence-electron chi connectivity index (χ1n) is 7.36. The molecule has 0 spiro atoms. The number of halogens is 1. The second-order valence-corrected chi connectivity index (χ2v) is 6.17. The first kappa shape index (κ1) is 16.2. The van der Waals surface area contributed by atoms with E-state index in [1.54, 1.807) is 12.7 Å². The van der Waals surface area contributed by atoms with Gasteiger partial charge in [-0.3, -0.25) is 9.80 Å². The summed E-state index contributed by atoms with van der Waals surface area (Å²) in [5.74, 6) is -0.0896. The molecule has 24 heavy (non-hydrogen) atoms. The van der Waals surface area contributed by atoms with Gasteiger partial charge in [-0.2, -0.15) is 0 Å². The standard InChI is InChI=1S/C17H16BrN5O/c1-13(24)21-16-6-8-17(9-7-16)23(22-11-19-20-12-22)10-14-2-4-15(18)5-3-14/h2-9,11-12H,10H2,1H3,(H,21,24). The van der Waals surface area contributed by atoms with E-state index in [9.17, 15) is 4.79 Å². The van der Waals surface area contributed by atoms with E-state index in [2.05, 4.69) is 43.6 Å². The normalized spacial score (nSPS) is 10.4. The molecular formula is C17H16BrN5O. The molecule has 0 saturated carbocycles. The molecule has 0 aliphatic heterocycles. The molecule has 1 aromatic heterocycles. The molecule has 3 rings (SSSR count). The van der Waals surface area contributed by atoms with Gasteiger partial charge in [-0.15, -0.1) is 10.2 Å². The van der Waals surface area contributed by atoms with Gasteiger partial charge < -0.3 is 5.32 Å². The monoisotopic (exact) mass is 385 g/mol. The van der Waals surface area contributed by atoms with Crippen molar-refractivity contribution in [3.05, 3.63) is 71.2 Å². The Bertz CT molecular complexity index is 800. The quantitative estimate of drug-likeness (QED) is 0.730. The summed E-state index contributed by atoms with van der Waals surface area (Å²) in [5, 5.41) is 12.6. The maximum atomic E-state index is 11.1. The summed E-state index contributed by atoms with van der Waals surface area (Å²) < 4.78 is 2.87. The number of rotatable bonds is 5. The number of hydrogen-bond acceptors (Lipinski definition) is 4. The zero-order valence-electron chi connectivity index (χ0n) is 13.1. The van der Waals surface area contributed by atoms with Crippen molar-refractivity contribution in [2.24, 2.45) is 0 Å². The van der Waals surface area contributed by atoms with Gasteiger partial charge in [0.25, 0.3) is 0 Å². The van der Waals surface area contributed by atoms with E-state index < -0.39 is 0 Å². The van der Waals surface area contributed by atoms with Crippen LogP contribution in [-0.4, -0.2) is 20.8 Å². The minimum atomic E-state index is -0.0896. The average Bonchev–Trinajstić information content (AvgIpc) is 3.09. The van der Waals surface area contributed by atoms with Crippen LogP contribution in [0.5, 0.6) is 0 Å². The Hall–Kier alpha value is -2.67. The summed E-state index contributed by atoms with van der Waals surface area (Å²) in [6, 6.07) is 15.8. The lowest BCUT2D eigenvalue weighted by atomic mass is 10.2. The minimum absolute atomic E-state index is 0.0896. The molecule has 122 valence electrons. The number of carbonyl (C=O) groups is 1. The van der Waals surface area contributed by atoms with Crippen LogP contribution in [0.2, 0.25) is 0 Å². The second kappa shape index (κ2) is 7.27. The highest BCUT2D eigenvalue weighted by molar-refractivity contribution is 9.10. The SMILES string of the molecule is CC(=O)Nc1ccc(N(Cc2ccc(Br)cc2)n2cnnc2)cc1. The molecule has 1 heterocycles. The van der Waals surface area contributed by atoms with Gasteiger partial charge in [0, 0.05) is 17.1 Å². The van der Waals surface area contributed by atoms with E-state index >= 15 is 0 Å². The predicted octanol–water partition coefficient (Wildman–Crippen LogP) is 3.47. The third-order valence-corrected chi connectivity index (χ3v) is 3.95. The number of carbonyl (C=O) groups excluding carboxylic acids is 1. The number of nitrogens with one attached hydrogen (secondary N) is 1. The van der Waals surface area contributed by atoms with Gasteiger partial charge in [0.15, 0.2) is 0 Å². The van der Waals surface area contributed by atoms with E-state index in [1.165, 1.54) is 6.92 Å². The van der Waals surface area contributed by atoms with Crippen molar-refractivity contribution < 1.29 is 4.79 Å². The summed E-state index contributed by atoms with van der Waals surface area (Å²) in [5.41, 5.74) is 2.88. The maximum Gasteiger partial charge on any atom is 0.221 e. The number of benzene rings is 2. The molecule has 0 saturated heterocycles. The van der Waals surface area contributed by atoms with E-state index in [0.717, 1.165) is 21.4 Å². The summed E-state index contributed by atoms with van der Waals surface area (Å²) in [6.45, 7) is 2.15. The van der Waals surface area contributed by atoms with E-state index in [0.29, 0.717) is 6.54 Å². The molecule has 0 atom stereocenters. The van der Waals surface area contributed by atoms with Crippen LogP contribution in [0.3, 0.4) is 0 Å². The number of hydrogen-bond donors (Lipinski definition) is 1. The molecule has 2 aromatic carbocycles. The molecule has 1 amide bonds. The largest absolute Gasteiger partial charge is 0.326 e. The Labute approximate surface area is 148 Å². The van der Waals surface area contributed by atoms with E-state index in [1.807, 2.05) is 46.1 Å². The fourth-order valence-electron chi connectivity index (χ4n) is 2.31. The zero-order chi connectivity index (χ0) is 16.9. The van der Waals surface area contributed by atoms with Crippen molar-refractivity contribution in [1.82, 2.24) is 14.9 Å². The van der Waals surface area contributed by atoms with Crippen LogP contribution in [0, 0.1) is 0 Å². The highest BCUT2D eigenvalue weighted by Gasteiger charge is 2.10. The Morgan fingerprint density at radius 1 is 1.08 bits per heavy atom. The molecule has 0 unspecified atom stereocenters. The lowest BCUT2D eigenvalue weighted by molar-refractivity contribution is -0.114. The lowest BCUT2D eigenvalue weighted by Crippen LogP contribution is -2.27. The zero-order valence-corrected chi connectivity index (χ0v) is 14.6. The van der Waals surface area contributed by atoms with Crippen molar-refractivity contribution in [1.29, 1.82) is 0 Å². The van der Waals surface area contributed by atoms with Crippen LogP contribution in [0.15, 0.2) is 65.7 Å². The third kappa shape index (κ3) is 3.99. The van der Waals surface area contributed by atoms with E-state index in [4.69, 9.17) is 0 Å². The van der Waals surface area contributed by atoms with Gasteiger partial charge in [0.05, 0.1) is 12.2 Å². The van der Waals surface area contributed by atoms with Crippen LogP contribution in [0.1, 0.15) is 12.5 Å². The van der Waals surface area contributed by atoms with Gasteiger partial charge in [-0.25, -0.2) is 4.68 Å². The number of aromatic nitrogens is 3. The third-order valence-electron chi connectivity index (χ3n) is 3.42. The second-order valence-electron chi connectivity index (χ2n) is 5.25. The smallest absolute Gasteiger partial charge is 0.221 e. The molecule has 6 nitrogen and oxygen atoms in total. The van der Waals surface area contributed by atoms with Crippen molar-refractivity contribution in [2.45, 2.75) is 13.5 Å². The summed E-state index contributed by atoms with van der Waals surface area (Å²) >= 11 is 3.45. The topological polar surface area (TPSA) is 63.1 Å². The predicted molar refractivity (Wildman–Crippen MR) is 96.5 cm³/mol. The van der Waals surface area contributed by atoms with Gasteiger partial charge >= 0.3 is 0 Å².